The van der Waals surface area contributed by atoms with Crippen LogP contribution in [0.25, 0.3) is 16.5 Å². The molecule has 178 valence electrons. The SMILES string of the molecule is C=C(N)NCCSC/C=C(\N=C(C)N)c1c(Cl)cc2c3c(cccc13)CCC2.C=CC(C)C. The molecule has 0 amide bonds. The molecule has 0 fully saturated rings. The van der Waals surface area contributed by atoms with Gasteiger partial charge in [-0.05, 0) is 66.1 Å². The maximum atomic E-state index is 6.75. The van der Waals surface area contributed by atoms with E-state index >= 15 is 0 Å². The van der Waals surface area contributed by atoms with Crippen molar-refractivity contribution in [2.75, 3.05) is 18.1 Å². The van der Waals surface area contributed by atoms with Crippen molar-refractivity contribution in [3.63, 3.8) is 0 Å². The Balaban J connectivity index is 0.000000696. The van der Waals surface area contributed by atoms with Crippen LogP contribution in [0.2, 0.25) is 5.02 Å². The van der Waals surface area contributed by atoms with E-state index in [0.29, 0.717) is 17.6 Å². The molecule has 0 atom stereocenters. The highest BCUT2D eigenvalue weighted by molar-refractivity contribution is 7.99. The van der Waals surface area contributed by atoms with Crippen LogP contribution in [0, 0.1) is 5.92 Å². The highest BCUT2D eigenvalue weighted by Crippen LogP contribution is 2.39. The predicted molar refractivity (Wildman–Crippen MR) is 150 cm³/mol. The molecule has 0 heterocycles. The molecule has 0 saturated carbocycles. The molecule has 0 spiro atoms. The number of allylic oxidation sites excluding steroid dienone is 1. The van der Waals surface area contributed by atoms with Crippen molar-refractivity contribution < 1.29 is 0 Å². The van der Waals surface area contributed by atoms with Gasteiger partial charge in [-0.3, -0.25) is 0 Å². The number of hydrogen-bond acceptors (Lipinski definition) is 4. The fourth-order valence-electron chi connectivity index (χ4n) is 3.65. The van der Waals surface area contributed by atoms with Crippen molar-refractivity contribution in [1.82, 2.24) is 5.32 Å². The Bertz CT molecular complexity index is 1040. The molecule has 0 radical (unpaired) electrons. The van der Waals surface area contributed by atoms with E-state index in [1.54, 1.807) is 18.7 Å². The summed E-state index contributed by atoms with van der Waals surface area (Å²) in [6, 6.07) is 8.59. The number of nitrogens with one attached hydrogen (secondary N) is 1. The Labute approximate surface area is 208 Å². The van der Waals surface area contributed by atoms with Gasteiger partial charge in [-0.2, -0.15) is 11.8 Å². The largest absolute Gasteiger partial charge is 0.387 e. The van der Waals surface area contributed by atoms with E-state index in [9.17, 15) is 0 Å². The smallest absolute Gasteiger partial charge is 0.0965 e. The molecule has 3 rings (SSSR count). The average Bonchev–Trinajstić information content (AvgIpc) is 2.76. The first-order valence-electron chi connectivity index (χ1n) is 11.4. The van der Waals surface area contributed by atoms with Crippen LogP contribution in [0.15, 0.2) is 60.4 Å². The number of aryl methyl sites for hydroxylation is 2. The molecule has 5 N–H and O–H groups in total. The lowest BCUT2D eigenvalue weighted by Gasteiger charge is -2.20. The molecule has 0 aromatic heterocycles. The summed E-state index contributed by atoms with van der Waals surface area (Å²) in [6.07, 6.45) is 7.38. The number of thioether (sulfide) groups is 1. The third-order valence-electron chi connectivity index (χ3n) is 5.19. The minimum atomic E-state index is 0.496. The number of nitrogens with zero attached hydrogens (tertiary/aromatic N) is 1. The Kier molecular flexibility index (Phi) is 10.9. The molecule has 2 aromatic rings. The fraction of sp³-hybridized carbons (Fsp3) is 0.370. The lowest BCUT2D eigenvalue weighted by atomic mass is 9.86. The predicted octanol–water partition coefficient (Wildman–Crippen LogP) is 6.28. The third kappa shape index (κ3) is 8.17. The van der Waals surface area contributed by atoms with Crippen molar-refractivity contribution in [2.45, 2.75) is 40.0 Å². The maximum absolute atomic E-state index is 6.75. The summed E-state index contributed by atoms with van der Waals surface area (Å²) >= 11 is 8.54. The summed E-state index contributed by atoms with van der Waals surface area (Å²) in [5.74, 6) is 3.40. The van der Waals surface area contributed by atoms with Crippen molar-refractivity contribution in [1.29, 1.82) is 0 Å². The van der Waals surface area contributed by atoms with Crippen LogP contribution in [0.5, 0.6) is 0 Å². The number of nitrogens with two attached hydrogens (primary N) is 2. The van der Waals surface area contributed by atoms with Gasteiger partial charge in [0.15, 0.2) is 0 Å². The van der Waals surface area contributed by atoms with Crippen LogP contribution < -0.4 is 16.8 Å². The molecular weight excluding hydrogens is 448 g/mol. The quantitative estimate of drug-likeness (QED) is 0.169. The second-order valence-electron chi connectivity index (χ2n) is 8.43. The Morgan fingerprint density at radius 2 is 1.97 bits per heavy atom. The van der Waals surface area contributed by atoms with Gasteiger partial charge in [0.1, 0.15) is 0 Å². The second kappa shape index (κ2) is 13.4. The third-order valence-corrected chi connectivity index (χ3v) is 6.38. The minimum absolute atomic E-state index is 0.496. The van der Waals surface area contributed by atoms with Gasteiger partial charge in [-0.25, -0.2) is 4.99 Å². The number of halogens is 1. The molecule has 0 bridgehead atoms. The normalized spacial score (nSPS) is 13.5. The van der Waals surface area contributed by atoms with Crippen LogP contribution in [-0.4, -0.2) is 23.9 Å². The van der Waals surface area contributed by atoms with Crippen LogP contribution in [0.1, 0.15) is 43.9 Å². The van der Waals surface area contributed by atoms with Crippen LogP contribution >= 0.6 is 23.4 Å². The lowest BCUT2D eigenvalue weighted by molar-refractivity contribution is 0.808. The van der Waals surface area contributed by atoms with E-state index in [2.05, 4.69) is 67.7 Å². The van der Waals surface area contributed by atoms with E-state index in [-0.39, 0.29) is 0 Å². The summed E-state index contributed by atoms with van der Waals surface area (Å²) in [5.41, 5.74) is 16.0. The van der Waals surface area contributed by atoms with E-state index in [1.165, 1.54) is 28.3 Å². The van der Waals surface area contributed by atoms with Crippen LogP contribution in [0.4, 0.5) is 0 Å². The highest BCUT2D eigenvalue weighted by atomic mass is 35.5. The van der Waals surface area contributed by atoms with Crippen molar-refractivity contribution in [2.24, 2.45) is 22.4 Å². The van der Waals surface area contributed by atoms with E-state index < -0.39 is 0 Å². The standard InChI is InChI=1S/C22H27ClN4S.C5H10/c1-14(24)26-10-12-28-11-9-20(27-15(2)25)22-18-8-4-6-16-5-3-7-17(21(16)18)13-19(22)23;1-4-5(2)3/h4,6,8-9,13,26H,1,3,5,7,10-12,24H2,2H3,(H2,25,27);4-5H,1H2,2-3H3/b20-9-;. The molecule has 1 aliphatic carbocycles. The molecular formula is C27H37ClN4S. The summed E-state index contributed by atoms with van der Waals surface area (Å²) in [5, 5.41) is 6.27. The highest BCUT2D eigenvalue weighted by Gasteiger charge is 2.19. The number of rotatable bonds is 9. The molecule has 33 heavy (non-hydrogen) atoms. The monoisotopic (exact) mass is 484 g/mol. The van der Waals surface area contributed by atoms with Gasteiger partial charge >= 0.3 is 0 Å². The molecule has 0 aliphatic heterocycles. The topological polar surface area (TPSA) is 76.4 Å². The second-order valence-corrected chi connectivity index (χ2v) is 9.99. The Hall–Kier alpha value is -2.37. The molecule has 1 aliphatic rings. The fourth-order valence-corrected chi connectivity index (χ4v) is 4.67. The van der Waals surface area contributed by atoms with Gasteiger partial charge in [0.2, 0.25) is 0 Å². The van der Waals surface area contributed by atoms with Gasteiger partial charge in [0.25, 0.3) is 0 Å². The zero-order valence-electron chi connectivity index (χ0n) is 20.1. The zero-order chi connectivity index (χ0) is 24.4. The zero-order valence-corrected chi connectivity index (χ0v) is 21.7. The number of hydrogen-bond donors (Lipinski definition) is 3. The van der Waals surface area contributed by atoms with Crippen LogP contribution in [0.3, 0.4) is 0 Å². The molecule has 0 unspecified atom stereocenters. The first kappa shape index (κ1) is 26.9. The summed E-state index contributed by atoms with van der Waals surface area (Å²) in [4.78, 5) is 4.62. The lowest BCUT2D eigenvalue weighted by Crippen LogP contribution is -2.21. The maximum Gasteiger partial charge on any atom is 0.0965 e. The van der Waals surface area contributed by atoms with E-state index in [1.807, 2.05) is 6.08 Å². The summed E-state index contributed by atoms with van der Waals surface area (Å²) in [6.45, 7) is 14.0. The van der Waals surface area contributed by atoms with Gasteiger partial charge in [0, 0.05) is 23.6 Å². The molecule has 6 heteroatoms. The number of benzene rings is 2. The molecule has 0 saturated heterocycles. The summed E-state index contributed by atoms with van der Waals surface area (Å²) in [7, 11) is 0. The summed E-state index contributed by atoms with van der Waals surface area (Å²) < 4.78 is 0. The first-order valence-corrected chi connectivity index (χ1v) is 12.9. The molecule has 2 aromatic carbocycles. The van der Waals surface area contributed by atoms with Gasteiger partial charge < -0.3 is 16.8 Å². The van der Waals surface area contributed by atoms with E-state index in [4.69, 9.17) is 23.1 Å². The van der Waals surface area contributed by atoms with E-state index in [0.717, 1.165) is 47.2 Å². The number of amidine groups is 1. The van der Waals surface area contributed by atoms with Crippen molar-refractivity contribution >= 4 is 45.7 Å². The Morgan fingerprint density at radius 1 is 1.27 bits per heavy atom. The van der Waals surface area contributed by atoms with Gasteiger partial charge in [-0.1, -0.05) is 56.3 Å². The van der Waals surface area contributed by atoms with Crippen molar-refractivity contribution in [3.8, 4) is 0 Å². The van der Waals surface area contributed by atoms with Gasteiger partial charge in [0.05, 0.1) is 22.4 Å². The minimum Gasteiger partial charge on any atom is -0.387 e. The average molecular weight is 485 g/mol. The number of aliphatic imine (C=N–C) groups is 1. The first-order chi connectivity index (χ1) is 15.7. The van der Waals surface area contributed by atoms with Crippen molar-refractivity contribution in [3.05, 3.63) is 77.1 Å². The Morgan fingerprint density at radius 3 is 2.61 bits per heavy atom. The van der Waals surface area contributed by atoms with Gasteiger partial charge in [-0.15, -0.1) is 6.58 Å². The van der Waals surface area contributed by atoms with Crippen LogP contribution in [-0.2, 0) is 12.8 Å². The molecule has 4 nitrogen and oxygen atoms in total.